The quantitative estimate of drug-likeness (QED) is 0.775. The number of rotatable bonds is 1. The van der Waals surface area contributed by atoms with E-state index >= 15 is 0 Å². The summed E-state index contributed by atoms with van der Waals surface area (Å²) in [7, 11) is 0. The molecule has 1 aliphatic rings. The highest BCUT2D eigenvalue weighted by Gasteiger charge is 2.28. The number of carbonyl (C=O) groups excluding carboxylic acids is 1. The fraction of sp³-hybridized carbons (Fsp3) is 0.562. The van der Waals surface area contributed by atoms with Crippen LogP contribution in [0.4, 0.5) is 13.6 Å². The summed E-state index contributed by atoms with van der Waals surface area (Å²) in [4.78, 5) is 13.7. The molecule has 0 radical (unpaired) electrons. The second-order valence-electron chi connectivity index (χ2n) is 6.54. The van der Waals surface area contributed by atoms with Gasteiger partial charge in [-0.1, -0.05) is 6.07 Å². The molecule has 1 amide bonds. The molecule has 122 valence electrons. The van der Waals surface area contributed by atoms with E-state index in [1.807, 2.05) is 20.8 Å². The van der Waals surface area contributed by atoms with Gasteiger partial charge in [0.15, 0.2) is 11.6 Å². The summed E-state index contributed by atoms with van der Waals surface area (Å²) in [6.07, 6.45) is 1.03. The van der Waals surface area contributed by atoms with E-state index in [1.54, 1.807) is 11.0 Å². The average molecular weight is 329 g/mol. The molecule has 0 unspecified atom stereocenters. The predicted molar refractivity (Wildman–Crippen MR) is 83.4 cm³/mol. The van der Waals surface area contributed by atoms with Gasteiger partial charge in [0, 0.05) is 18.0 Å². The van der Waals surface area contributed by atoms with E-state index in [9.17, 15) is 13.6 Å². The highest BCUT2D eigenvalue weighted by molar-refractivity contribution is 7.80. The summed E-state index contributed by atoms with van der Waals surface area (Å²) in [5.41, 5.74) is 0.179. The third kappa shape index (κ3) is 3.91. The minimum absolute atomic E-state index is 0.0655. The molecular formula is C16H21F2NO2S. The van der Waals surface area contributed by atoms with E-state index in [0.29, 0.717) is 31.5 Å². The molecule has 1 fully saturated rings. The van der Waals surface area contributed by atoms with Gasteiger partial charge in [-0.3, -0.25) is 0 Å². The Balaban J connectivity index is 2.01. The summed E-state index contributed by atoms with van der Waals surface area (Å²) in [6.45, 7) is 6.54. The van der Waals surface area contributed by atoms with Gasteiger partial charge in [-0.05, 0) is 51.2 Å². The van der Waals surface area contributed by atoms with Crippen molar-refractivity contribution in [2.75, 3.05) is 13.1 Å². The number of carbonyl (C=O) groups is 1. The van der Waals surface area contributed by atoms with E-state index < -0.39 is 17.2 Å². The summed E-state index contributed by atoms with van der Waals surface area (Å²) in [5, 5.41) is 0. The molecule has 22 heavy (non-hydrogen) atoms. The van der Waals surface area contributed by atoms with Crippen LogP contribution < -0.4 is 0 Å². The number of benzene rings is 1. The van der Waals surface area contributed by atoms with Crippen molar-refractivity contribution in [3.63, 3.8) is 0 Å². The molecule has 1 heterocycles. The van der Waals surface area contributed by atoms with Crippen LogP contribution >= 0.6 is 12.6 Å². The van der Waals surface area contributed by atoms with E-state index in [0.717, 1.165) is 6.07 Å². The van der Waals surface area contributed by atoms with Crippen molar-refractivity contribution in [2.24, 2.45) is 0 Å². The van der Waals surface area contributed by atoms with Crippen LogP contribution in [-0.4, -0.2) is 29.7 Å². The van der Waals surface area contributed by atoms with Gasteiger partial charge in [0.1, 0.15) is 5.60 Å². The van der Waals surface area contributed by atoms with Crippen molar-refractivity contribution in [1.82, 2.24) is 4.90 Å². The van der Waals surface area contributed by atoms with Gasteiger partial charge in [-0.15, -0.1) is 12.6 Å². The fourth-order valence-corrected chi connectivity index (χ4v) is 2.95. The van der Waals surface area contributed by atoms with Crippen LogP contribution in [0.15, 0.2) is 17.0 Å². The molecule has 0 bridgehead atoms. The van der Waals surface area contributed by atoms with Crippen LogP contribution in [0.3, 0.4) is 0 Å². The molecule has 1 aromatic rings. The number of thiol groups is 1. The first-order valence-corrected chi connectivity index (χ1v) is 7.78. The minimum Gasteiger partial charge on any atom is -0.444 e. The monoisotopic (exact) mass is 329 g/mol. The lowest BCUT2D eigenvalue weighted by molar-refractivity contribution is 0.0204. The third-order valence-electron chi connectivity index (χ3n) is 3.69. The van der Waals surface area contributed by atoms with Crippen LogP contribution in [0.2, 0.25) is 0 Å². The molecule has 3 nitrogen and oxygen atoms in total. The van der Waals surface area contributed by atoms with Gasteiger partial charge in [0.2, 0.25) is 0 Å². The lowest BCUT2D eigenvalue weighted by Gasteiger charge is -2.34. The first-order valence-electron chi connectivity index (χ1n) is 7.34. The van der Waals surface area contributed by atoms with Gasteiger partial charge < -0.3 is 9.64 Å². The molecule has 0 aromatic heterocycles. The third-order valence-corrected chi connectivity index (χ3v) is 4.14. The Morgan fingerprint density at radius 2 is 1.86 bits per heavy atom. The van der Waals surface area contributed by atoms with Crippen molar-refractivity contribution >= 4 is 18.7 Å². The predicted octanol–water partition coefficient (Wildman–Crippen LogP) is 4.37. The first-order chi connectivity index (χ1) is 10.2. The van der Waals surface area contributed by atoms with Crippen LogP contribution in [0.1, 0.15) is 45.1 Å². The Hall–Kier alpha value is -1.30. The standard InChI is InChI=1S/C16H21F2NO2S/c1-16(2,3)21-15(20)19-8-6-10(7-9-19)11-4-5-12(17)13(18)14(11)22/h4-5,10,22H,6-9H2,1-3H3. The minimum atomic E-state index is -0.907. The highest BCUT2D eigenvalue weighted by atomic mass is 32.1. The first kappa shape index (κ1) is 17.1. The maximum Gasteiger partial charge on any atom is 0.410 e. The normalized spacial score (nSPS) is 16.7. The number of hydrogen-bond donors (Lipinski definition) is 1. The van der Waals surface area contributed by atoms with Crippen LogP contribution in [-0.2, 0) is 4.74 Å². The Morgan fingerprint density at radius 1 is 1.27 bits per heavy atom. The van der Waals surface area contributed by atoms with E-state index in [4.69, 9.17) is 4.74 Å². The van der Waals surface area contributed by atoms with Crippen molar-refractivity contribution in [1.29, 1.82) is 0 Å². The Labute approximate surface area is 135 Å². The maximum absolute atomic E-state index is 13.6. The van der Waals surface area contributed by atoms with Crippen molar-refractivity contribution in [3.8, 4) is 0 Å². The molecule has 1 aliphatic heterocycles. The molecule has 6 heteroatoms. The summed E-state index contributed by atoms with van der Waals surface area (Å²) in [5.74, 6) is -1.73. The van der Waals surface area contributed by atoms with E-state index in [1.165, 1.54) is 0 Å². The molecule has 0 N–H and O–H groups in total. The summed E-state index contributed by atoms with van der Waals surface area (Å²) < 4.78 is 32.1. The maximum atomic E-state index is 13.6. The molecule has 2 rings (SSSR count). The molecule has 1 saturated heterocycles. The lowest BCUT2D eigenvalue weighted by Crippen LogP contribution is -2.41. The number of piperidine rings is 1. The van der Waals surface area contributed by atoms with Gasteiger partial charge in [0.05, 0.1) is 0 Å². The average Bonchev–Trinajstić information content (AvgIpc) is 2.43. The summed E-state index contributed by atoms with van der Waals surface area (Å²) in [6, 6.07) is 2.71. The number of hydrogen-bond acceptors (Lipinski definition) is 3. The van der Waals surface area contributed by atoms with Crippen molar-refractivity contribution < 1.29 is 18.3 Å². The summed E-state index contributed by atoms with van der Waals surface area (Å²) >= 11 is 4.09. The van der Waals surface area contributed by atoms with E-state index in [-0.39, 0.29) is 16.9 Å². The Morgan fingerprint density at radius 3 is 2.41 bits per heavy atom. The number of likely N-dealkylation sites (tertiary alicyclic amines) is 1. The fourth-order valence-electron chi connectivity index (χ4n) is 2.58. The zero-order valence-electron chi connectivity index (χ0n) is 13.0. The SMILES string of the molecule is CC(C)(C)OC(=O)N1CCC(c2ccc(F)c(F)c2S)CC1. The smallest absolute Gasteiger partial charge is 0.410 e. The van der Waals surface area contributed by atoms with Gasteiger partial charge in [-0.2, -0.15) is 0 Å². The van der Waals surface area contributed by atoms with Crippen LogP contribution in [0.25, 0.3) is 0 Å². The second kappa shape index (κ2) is 6.44. The van der Waals surface area contributed by atoms with Crippen LogP contribution in [0.5, 0.6) is 0 Å². The molecule has 0 saturated carbocycles. The Bertz CT molecular complexity index is 564. The topological polar surface area (TPSA) is 29.5 Å². The van der Waals surface area contributed by atoms with Crippen LogP contribution in [0, 0.1) is 11.6 Å². The lowest BCUT2D eigenvalue weighted by atomic mass is 9.89. The number of nitrogens with zero attached hydrogens (tertiary/aromatic N) is 1. The molecule has 0 atom stereocenters. The van der Waals surface area contributed by atoms with Gasteiger partial charge >= 0.3 is 6.09 Å². The largest absolute Gasteiger partial charge is 0.444 e. The van der Waals surface area contributed by atoms with Crippen molar-refractivity contribution in [2.45, 2.75) is 50.0 Å². The molecule has 1 aromatic carbocycles. The van der Waals surface area contributed by atoms with E-state index in [2.05, 4.69) is 12.6 Å². The molecule has 0 spiro atoms. The molecule has 0 aliphatic carbocycles. The zero-order chi connectivity index (χ0) is 16.5. The number of halogens is 2. The number of ether oxygens (including phenoxy) is 1. The molecular weight excluding hydrogens is 308 g/mol. The second-order valence-corrected chi connectivity index (χ2v) is 6.99. The number of amides is 1. The Kier molecular flexibility index (Phi) is 5.00. The van der Waals surface area contributed by atoms with Gasteiger partial charge in [-0.25, -0.2) is 13.6 Å². The highest BCUT2D eigenvalue weighted by Crippen LogP contribution is 2.34. The van der Waals surface area contributed by atoms with Crippen molar-refractivity contribution in [3.05, 3.63) is 29.3 Å². The van der Waals surface area contributed by atoms with Gasteiger partial charge in [0.25, 0.3) is 0 Å². The zero-order valence-corrected chi connectivity index (χ0v) is 13.9.